The maximum absolute atomic E-state index is 5.39. The van der Waals surface area contributed by atoms with E-state index in [9.17, 15) is 0 Å². The highest BCUT2D eigenvalue weighted by Crippen LogP contribution is 2.40. The molecule has 1 aromatic carbocycles. The minimum atomic E-state index is 0.260. The lowest BCUT2D eigenvalue weighted by Crippen LogP contribution is -1.86. The predicted octanol–water partition coefficient (Wildman–Crippen LogP) is 3.09. The lowest BCUT2D eigenvalue weighted by Gasteiger charge is -2.00. The molecule has 0 N–H and O–H groups in total. The first-order valence-corrected chi connectivity index (χ1v) is 4.45. The Kier molecular flexibility index (Phi) is 1.66. The summed E-state index contributed by atoms with van der Waals surface area (Å²) in [5, 5.41) is 0. The van der Waals surface area contributed by atoms with Crippen molar-refractivity contribution in [1.82, 2.24) is 0 Å². The van der Waals surface area contributed by atoms with Crippen LogP contribution < -0.4 is 0 Å². The van der Waals surface area contributed by atoms with Crippen LogP contribution in [0, 0.1) is 6.92 Å². The molecule has 1 unspecified atom stereocenters. The SMILES string of the molecule is Cc1ccc2c(c1)SOC2C. The minimum absolute atomic E-state index is 0.260. The third kappa shape index (κ3) is 1.17. The standard InChI is InChI=1S/C9H10OS/c1-6-3-4-8-7(2)10-11-9(8)5-6/h3-5,7H,1-2H3. The summed E-state index contributed by atoms with van der Waals surface area (Å²) in [5.41, 5.74) is 2.62. The number of hydrogen-bond donors (Lipinski definition) is 0. The van der Waals surface area contributed by atoms with Gasteiger partial charge in [-0.05, 0) is 31.0 Å². The topological polar surface area (TPSA) is 9.23 Å². The molecule has 1 heterocycles. The van der Waals surface area contributed by atoms with Gasteiger partial charge in [-0.3, -0.25) is 0 Å². The number of benzene rings is 1. The van der Waals surface area contributed by atoms with Gasteiger partial charge in [-0.1, -0.05) is 12.1 Å². The second kappa shape index (κ2) is 2.54. The molecule has 0 spiro atoms. The summed E-state index contributed by atoms with van der Waals surface area (Å²) in [6, 6.07) is 6.45. The lowest BCUT2D eigenvalue weighted by molar-refractivity contribution is 0.286. The summed E-state index contributed by atoms with van der Waals surface area (Å²) in [6.07, 6.45) is 0.260. The first-order valence-electron chi connectivity index (χ1n) is 3.71. The highest BCUT2D eigenvalue weighted by atomic mass is 32.2. The Morgan fingerprint density at radius 1 is 1.45 bits per heavy atom. The van der Waals surface area contributed by atoms with E-state index in [1.807, 2.05) is 0 Å². The van der Waals surface area contributed by atoms with Gasteiger partial charge in [0.05, 0.1) is 6.10 Å². The maximum atomic E-state index is 5.39. The molecule has 1 atom stereocenters. The summed E-state index contributed by atoms with van der Waals surface area (Å²) < 4.78 is 5.39. The van der Waals surface area contributed by atoms with E-state index in [4.69, 9.17) is 4.18 Å². The fourth-order valence-electron chi connectivity index (χ4n) is 1.23. The van der Waals surface area contributed by atoms with Gasteiger partial charge in [-0.2, -0.15) is 0 Å². The molecule has 2 heteroatoms. The largest absolute Gasteiger partial charge is 0.302 e. The van der Waals surface area contributed by atoms with E-state index >= 15 is 0 Å². The average molecular weight is 166 g/mol. The van der Waals surface area contributed by atoms with Crippen molar-refractivity contribution >= 4 is 12.0 Å². The van der Waals surface area contributed by atoms with Crippen LogP contribution in [0.15, 0.2) is 23.1 Å². The second-order valence-corrected chi connectivity index (χ2v) is 3.66. The van der Waals surface area contributed by atoms with Gasteiger partial charge in [0, 0.05) is 16.9 Å². The Balaban J connectivity index is 2.50. The van der Waals surface area contributed by atoms with Gasteiger partial charge < -0.3 is 4.18 Å². The monoisotopic (exact) mass is 166 g/mol. The molecule has 0 amide bonds. The van der Waals surface area contributed by atoms with Crippen molar-refractivity contribution < 1.29 is 4.18 Å². The van der Waals surface area contributed by atoms with Crippen molar-refractivity contribution in [1.29, 1.82) is 0 Å². The highest BCUT2D eigenvalue weighted by Gasteiger charge is 2.19. The van der Waals surface area contributed by atoms with Crippen LogP contribution in [0.25, 0.3) is 0 Å². The third-order valence-corrected chi connectivity index (χ3v) is 2.81. The van der Waals surface area contributed by atoms with Gasteiger partial charge in [0.1, 0.15) is 0 Å². The molecule has 1 aromatic rings. The smallest absolute Gasteiger partial charge is 0.0960 e. The molecular formula is C9H10OS. The van der Waals surface area contributed by atoms with Gasteiger partial charge in [0.25, 0.3) is 0 Å². The normalized spacial score (nSPS) is 21.8. The molecule has 58 valence electrons. The van der Waals surface area contributed by atoms with E-state index in [2.05, 4.69) is 32.0 Å². The van der Waals surface area contributed by atoms with Crippen molar-refractivity contribution in [3.63, 3.8) is 0 Å². The van der Waals surface area contributed by atoms with E-state index in [1.54, 1.807) is 0 Å². The van der Waals surface area contributed by atoms with Crippen LogP contribution in [0.4, 0.5) is 0 Å². The number of aryl methyl sites for hydroxylation is 1. The van der Waals surface area contributed by atoms with Crippen LogP contribution in [0.1, 0.15) is 24.2 Å². The van der Waals surface area contributed by atoms with Crippen LogP contribution in [0.5, 0.6) is 0 Å². The Morgan fingerprint density at radius 2 is 2.27 bits per heavy atom. The quantitative estimate of drug-likeness (QED) is 0.548. The molecule has 2 rings (SSSR count). The van der Waals surface area contributed by atoms with Gasteiger partial charge >= 0.3 is 0 Å². The van der Waals surface area contributed by atoms with Crippen molar-refractivity contribution in [2.45, 2.75) is 24.8 Å². The molecule has 0 bridgehead atoms. The minimum Gasteiger partial charge on any atom is -0.302 e. The van der Waals surface area contributed by atoms with E-state index in [0.717, 1.165) is 0 Å². The summed E-state index contributed by atoms with van der Waals surface area (Å²) in [7, 11) is 0. The molecule has 0 saturated carbocycles. The zero-order chi connectivity index (χ0) is 7.84. The molecule has 1 aliphatic heterocycles. The molecule has 11 heavy (non-hydrogen) atoms. The van der Waals surface area contributed by atoms with Crippen LogP contribution >= 0.6 is 12.0 Å². The number of fused-ring (bicyclic) bond motifs is 1. The molecule has 0 fully saturated rings. The Labute approximate surface area is 71.0 Å². The van der Waals surface area contributed by atoms with E-state index in [1.165, 1.54) is 28.1 Å². The van der Waals surface area contributed by atoms with Crippen LogP contribution in [0.2, 0.25) is 0 Å². The van der Waals surface area contributed by atoms with Gasteiger partial charge in [0.15, 0.2) is 0 Å². The van der Waals surface area contributed by atoms with Crippen molar-refractivity contribution in [3.8, 4) is 0 Å². The summed E-state index contributed by atoms with van der Waals surface area (Å²) in [4.78, 5) is 1.28. The lowest BCUT2D eigenvalue weighted by atomic mass is 10.1. The van der Waals surface area contributed by atoms with Crippen molar-refractivity contribution in [3.05, 3.63) is 29.3 Å². The number of hydrogen-bond acceptors (Lipinski definition) is 2. The van der Waals surface area contributed by atoms with Crippen LogP contribution in [-0.2, 0) is 4.18 Å². The zero-order valence-electron chi connectivity index (χ0n) is 6.63. The second-order valence-electron chi connectivity index (χ2n) is 2.86. The van der Waals surface area contributed by atoms with E-state index in [-0.39, 0.29) is 6.10 Å². The number of rotatable bonds is 0. The first kappa shape index (κ1) is 7.19. The molecule has 0 saturated heterocycles. The fraction of sp³-hybridized carbons (Fsp3) is 0.333. The molecule has 0 radical (unpaired) electrons. The first-order chi connectivity index (χ1) is 5.27. The van der Waals surface area contributed by atoms with E-state index < -0.39 is 0 Å². The fourth-order valence-corrected chi connectivity index (χ4v) is 2.14. The molecule has 1 nitrogen and oxygen atoms in total. The summed E-state index contributed by atoms with van der Waals surface area (Å²) in [5.74, 6) is 0. The Hall–Kier alpha value is -0.470. The van der Waals surface area contributed by atoms with Crippen LogP contribution in [-0.4, -0.2) is 0 Å². The van der Waals surface area contributed by atoms with Crippen molar-refractivity contribution in [2.24, 2.45) is 0 Å². The Morgan fingerprint density at radius 3 is 3.09 bits per heavy atom. The van der Waals surface area contributed by atoms with Gasteiger partial charge in [-0.15, -0.1) is 0 Å². The summed E-state index contributed by atoms with van der Waals surface area (Å²) >= 11 is 1.49. The zero-order valence-corrected chi connectivity index (χ0v) is 7.44. The van der Waals surface area contributed by atoms with Gasteiger partial charge in [-0.25, -0.2) is 0 Å². The third-order valence-electron chi connectivity index (χ3n) is 1.89. The van der Waals surface area contributed by atoms with Gasteiger partial charge in [0.2, 0.25) is 0 Å². The average Bonchev–Trinajstić information content (AvgIpc) is 2.32. The van der Waals surface area contributed by atoms with Crippen molar-refractivity contribution in [2.75, 3.05) is 0 Å². The van der Waals surface area contributed by atoms with Crippen LogP contribution in [0.3, 0.4) is 0 Å². The Bertz CT molecular complexity index is 283. The highest BCUT2D eigenvalue weighted by molar-refractivity contribution is 7.95. The predicted molar refractivity (Wildman–Crippen MR) is 46.5 cm³/mol. The molecule has 0 aromatic heterocycles. The molecule has 1 aliphatic rings. The molecule has 0 aliphatic carbocycles. The van der Waals surface area contributed by atoms with E-state index in [0.29, 0.717) is 0 Å². The maximum Gasteiger partial charge on any atom is 0.0960 e. The summed E-state index contributed by atoms with van der Waals surface area (Å²) in [6.45, 7) is 4.18. The molecular weight excluding hydrogens is 156 g/mol.